The Morgan fingerprint density at radius 1 is 1.13 bits per heavy atom. The number of aliphatic hydroxyl groups is 1. The number of likely N-dealkylation sites (tertiary alicyclic amines) is 1. The second-order valence-electron chi connectivity index (χ2n) is 7.26. The number of carbonyl (C=O) groups excluding carboxylic acids is 1. The minimum atomic E-state index is -0.639. The number of morpholine rings is 1. The van der Waals surface area contributed by atoms with Crippen LogP contribution in [0.2, 0.25) is 0 Å². The van der Waals surface area contributed by atoms with Crippen molar-refractivity contribution >= 4 is 5.91 Å². The Morgan fingerprint density at radius 3 is 2.43 bits per heavy atom. The minimum Gasteiger partial charge on any atom is -0.389 e. The molecule has 2 atom stereocenters. The van der Waals surface area contributed by atoms with Crippen LogP contribution in [0.1, 0.15) is 26.2 Å². The molecule has 2 unspecified atom stereocenters. The Bertz CT molecular complexity index is 407. The van der Waals surface area contributed by atoms with Crippen LogP contribution in [-0.2, 0) is 14.3 Å². The average Bonchev–Trinajstić information content (AvgIpc) is 2.59. The summed E-state index contributed by atoms with van der Waals surface area (Å²) < 4.78 is 10.8. The second kappa shape index (κ2) is 7.47. The highest BCUT2D eigenvalue weighted by atomic mass is 16.5. The number of carbonyl (C=O) groups is 1. The van der Waals surface area contributed by atoms with Crippen molar-refractivity contribution in [3.63, 3.8) is 0 Å². The molecule has 0 saturated carbocycles. The van der Waals surface area contributed by atoms with Gasteiger partial charge in [0.2, 0.25) is 5.91 Å². The van der Waals surface area contributed by atoms with Gasteiger partial charge in [0, 0.05) is 45.3 Å². The highest BCUT2D eigenvalue weighted by Crippen LogP contribution is 2.39. The van der Waals surface area contributed by atoms with Gasteiger partial charge in [-0.05, 0) is 25.2 Å². The topological polar surface area (TPSA) is 62.2 Å². The first kappa shape index (κ1) is 17.1. The van der Waals surface area contributed by atoms with Crippen molar-refractivity contribution in [1.29, 1.82) is 0 Å². The van der Waals surface area contributed by atoms with Crippen molar-refractivity contribution in [2.75, 3.05) is 59.2 Å². The third kappa shape index (κ3) is 3.87. The summed E-state index contributed by atoms with van der Waals surface area (Å²) in [6, 6.07) is 0. The van der Waals surface area contributed by atoms with E-state index in [0.717, 1.165) is 39.1 Å². The molecule has 23 heavy (non-hydrogen) atoms. The van der Waals surface area contributed by atoms with Crippen molar-refractivity contribution in [3.05, 3.63) is 0 Å². The minimum absolute atomic E-state index is 0.119. The molecule has 3 heterocycles. The molecule has 0 bridgehead atoms. The van der Waals surface area contributed by atoms with E-state index in [-0.39, 0.29) is 11.8 Å². The van der Waals surface area contributed by atoms with Crippen LogP contribution in [0, 0.1) is 11.8 Å². The van der Waals surface area contributed by atoms with Gasteiger partial charge in [0.25, 0.3) is 0 Å². The lowest BCUT2D eigenvalue weighted by Gasteiger charge is -2.48. The van der Waals surface area contributed by atoms with Gasteiger partial charge in [-0.2, -0.15) is 0 Å². The Hall–Kier alpha value is -0.690. The number of nitrogens with zero attached hydrogens (tertiary/aromatic N) is 2. The molecule has 6 heteroatoms. The van der Waals surface area contributed by atoms with E-state index in [1.165, 1.54) is 0 Å². The molecule has 0 aliphatic carbocycles. The van der Waals surface area contributed by atoms with Gasteiger partial charge in [0.15, 0.2) is 0 Å². The van der Waals surface area contributed by atoms with E-state index in [0.29, 0.717) is 45.2 Å². The van der Waals surface area contributed by atoms with Crippen LogP contribution >= 0.6 is 0 Å². The summed E-state index contributed by atoms with van der Waals surface area (Å²) >= 11 is 0. The maximum Gasteiger partial charge on any atom is 0.236 e. The molecule has 0 spiro atoms. The smallest absolute Gasteiger partial charge is 0.236 e. The van der Waals surface area contributed by atoms with Crippen LogP contribution in [0.5, 0.6) is 0 Å². The summed E-state index contributed by atoms with van der Waals surface area (Å²) in [5, 5.41) is 11.2. The SMILES string of the molecule is CC1CN(C(=O)CN2CCOCC2)CCC1(O)C1CCOCC1. The predicted molar refractivity (Wildman–Crippen MR) is 86.1 cm³/mol. The van der Waals surface area contributed by atoms with Gasteiger partial charge in [-0.15, -0.1) is 0 Å². The van der Waals surface area contributed by atoms with Crippen molar-refractivity contribution in [1.82, 2.24) is 9.80 Å². The maximum atomic E-state index is 12.5. The van der Waals surface area contributed by atoms with Crippen LogP contribution in [0.4, 0.5) is 0 Å². The van der Waals surface area contributed by atoms with Gasteiger partial charge >= 0.3 is 0 Å². The summed E-state index contributed by atoms with van der Waals surface area (Å²) in [5.41, 5.74) is -0.639. The van der Waals surface area contributed by atoms with Crippen LogP contribution in [0.3, 0.4) is 0 Å². The number of ether oxygens (including phenoxy) is 2. The van der Waals surface area contributed by atoms with Crippen molar-refractivity contribution in [2.24, 2.45) is 11.8 Å². The van der Waals surface area contributed by atoms with Gasteiger partial charge < -0.3 is 19.5 Å². The molecule has 0 aromatic carbocycles. The molecule has 3 fully saturated rings. The van der Waals surface area contributed by atoms with E-state index >= 15 is 0 Å². The number of hydrogen-bond donors (Lipinski definition) is 1. The van der Waals surface area contributed by atoms with E-state index < -0.39 is 5.60 Å². The zero-order chi connectivity index (χ0) is 16.3. The number of rotatable bonds is 3. The molecule has 1 N–H and O–H groups in total. The Morgan fingerprint density at radius 2 is 1.78 bits per heavy atom. The van der Waals surface area contributed by atoms with Crippen molar-refractivity contribution in [2.45, 2.75) is 31.8 Å². The molecule has 6 nitrogen and oxygen atoms in total. The molecular formula is C17H30N2O4. The fourth-order valence-corrected chi connectivity index (χ4v) is 4.22. The van der Waals surface area contributed by atoms with Gasteiger partial charge in [-0.25, -0.2) is 0 Å². The van der Waals surface area contributed by atoms with E-state index in [1.807, 2.05) is 4.90 Å². The summed E-state index contributed by atoms with van der Waals surface area (Å²) in [4.78, 5) is 16.6. The first-order valence-electron chi connectivity index (χ1n) is 8.97. The Kier molecular flexibility index (Phi) is 5.57. The zero-order valence-corrected chi connectivity index (χ0v) is 14.2. The van der Waals surface area contributed by atoms with Gasteiger partial charge in [0.05, 0.1) is 25.4 Å². The molecule has 1 amide bonds. The third-order valence-electron chi connectivity index (χ3n) is 5.87. The standard InChI is InChI=1S/C17H30N2O4/c1-14-12-19(16(20)13-18-6-10-23-11-7-18)5-4-17(14,21)15-2-8-22-9-3-15/h14-15,21H,2-13H2,1H3. The van der Waals surface area contributed by atoms with Crippen molar-refractivity contribution < 1.29 is 19.4 Å². The molecule has 132 valence electrons. The first-order valence-corrected chi connectivity index (χ1v) is 8.97. The fraction of sp³-hybridized carbons (Fsp3) is 0.941. The van der Waals surface area contributed by atoms with Gasteiger partial charge in [0.1, 0.15) is 0 Å². The summed E-state index contributed by atoms with van der Waals surface area (Å²) in [6.07, 6.45) is 2.55. The highest BCUT2D eigenvalue weighted by Gasteiger charge is 2.46. The van der Waals surface area contributed by atoms with Crippen molar-refractivity contribution in [3.8, 4) is 0 Å². The van der Waals surface area contributed by atoms with E-state index in [9.17, 15) is 9.90 Å². The molecule has 0 aromatic heterocycles. The van der Waals surface area contributed by atoms with E-state index in [4.69, 9.17) is 9.47 Å². The van der Waals surface area contributed by atoms with Crippen LogP contribution in [0.15, 0.2) is 0 Å². The largest absolute Gasteiger partial charge is 0.389 e. The second-order valence-corrected chi connectivity index (χ2v) is 7.26. The third-order valence-corrected chi connectivity index (χ3v) is 5.87. The number of piperidine rings is 1. The molecule has 0 aromatic rings. The number of amides is 1. The lowest BCUT2D eigenvalue weighted by molar-refractivity contribution is -0.152. The first-order chi connectivity index (χ1) is 11.1. The highest BCUT2D eigenvalue weighted by molar-refractivity contribution is 5.78. The van der Waals surface area contributed by atoms with E-state index in [2.05, 4.69) is 11.8 Å². The molecular weight excluding hydrogens is 296 g/mol. The lowest BCUT2D eigenvalue weighted by Crippen LogP contribution is -2.58. The van der Waals surface area contributed by atoms with Crippen LogP contribution in [-0.4, -0.2) is 85.6 Å². The van der Waals surface area contributed by atoms with Crippen LogP contribution in [0.25, 0.3) is 0 Å². The lowest BCUT2D eigenvalue weighted by atomic mass is 9.70. The Balaban J connectivity index is 1.53. The average molecular weight is 326 g/mol. The summed E-state index contributed by atoms with van der Waals surface area (Å²) in [5.74, 6) is 0.614. The summed E-state index contributed by atoms with van der Waals surface area (Å²) in [7, 11) is 0. The fourth-order valence-electron chi connectivity index (χ4n) is 4.22. The predicted octanol–water partition coefficient (Wildman–Crippen LogP) is 0.345. The molecule has 3 aliphatic heterocycles. The van der Waals surface area contributed by atoms with Gasteiger partial charge in [-0.1, -0.05) is 6.92 Å². The molecule has 3 rings (SSSR count). The molecule has 0 radical (unpaired) electrons. The normalized spacial score (nSPS) is 34.5. The quantitative estimate of drug-likeness (QED) is 0.811. The van der Waals surface area contributed by atoms with Gasteiger partial charge in [-0.3, -0.25) is 9.69 Å². The molecule has 3 saturated heterocycles. The van der Waals surface area contributed by atoms with Crippen LogP contribution < -0.4 is 0 Å². The molecule has 3 aliphatic rings. The monoisotopic (exact) mass is 326 g/mol. The van der Waals surface area contributed by atoms with E-state index in [1.54, 1.807) is 0 Å². The maximum absolute atomic E-state index is 12.5. The Labute approximate surface area is 138 Å². The summed E-state index contributed by atoms with van der Waals surface area (Å²) in [6.45, 7) is 8.50. The number of hydrogen-bond acceptors (Lipinski definition) is 5. The zero-order valence-electron chi connectivity index (χ0n) is 14.2.